The van der Waals surface area contributed by atoms with Crippen LogP contribution in [0, 0.1) is 17.3 Å². The normalized spacial score (nSPS) is 28.9. The Labute approximate surface area is 230 Å². The van der Waals surface area contributed by atoms with E-state index in [1.54, 1.807) is 0 Å². The van der Waals surface area contributed by atoms with Gasteiger partial charge in [0.1, 0.15) is 5.75 Å². The quantitative estimate of drug-likeness (QED) is 0.220. The van der Waals surface area contributed by atoms with Gasteiger partial charge in [0.05, 0.1) is 19.3 Å². The Bertz CT molecular complexity index is 938. The molecule has 0 bridgehead atoms. The maximum Gasteiger partial charge on any atom is 0.426 e. The predicted molar refractivity (Wildman–Crippen MR) is 139 cm³/mol. The lowest BCUT2D eigenvalue weighted by atomic mass is 9.55. The van der Waals surface area contributed by atoms with E-state index in [0.29, 0.717) is 37.7 Å². The van der Waals surface area contributed by atoms with Crippen molar-refractivity contribution in [1.29, 1.82) is 0 Å². The minimum absolute atomic E-state index is 0.0324. The molecule has 0 aromatic heterocycles. The number of rotatable bonds is 9. The lowest BCUT2D eigenvalue weighted by molar-refractivity contribution is -0.374. The van der Waals surface area contributed by atoms with Crippen molar-refractivity contribution in [2.75, 3.05) is 19.8 Å². The fraction of sp³-hybridized carbons (Fsp3) is 0.800. The summed E-state index contributed by atoms with van der Waals surface area (Å²) in [6.45, 7) is 6.56. The summed E-state index contributed by atoms with van der Waals surface area (Å²) in [7, 11) is 0. The summed E-state index contributed by atoms with van der Waals surface area (Å²) in [5.41, 5.74) is -1.50. The summed E-state index contributed by atoms with van der Waals surface area (Å²) in [6.07, 6.45) is -4.54. The van der Waals surface area contributed by atoms with Crippen LogP contribution in [0.2, 0.25) is 0 Å². The van der Waals surface area contributed by atoms with Gasteiger partial charge in [-0.3, -0.25) is 0 Å². The Morgan fingerprint density at radius 2 is 1.69 bits per heavy atom. The monoisotopic (exact) mass is 567 g/mol. The Morgan fingerprint density at radius 3 is 2.36 bits per heavy atom. The van der Waals surface area contributed by atoms with Crippen molar-refractivity contribution in [3.05, 3.63) is 29.3 Å². The van der Waals surface area contributed by atoms with Gasteiger partial charge in [0, 0.05) is 7.98 Å². The second-order valence-electron chi connectivity index (χ2n) is 11.2. The van der Waals surface area contributed by atoms with Crippen LogP contribution in [0.3, 0.4) is 0 Å². The first kappa shape index (κ1) is 30.5. The number of fused-ring (bicyclic) bond motifs is 5. The molecule has 5 unspecified atom stereocenters. The molecule has 0 radical (unpaired) electrons. The average molecular weight is 568 g/mol. The third-order valence-corrected chi connectivity index (χ3v) is 9.10. The number of halogens is 6. The summed E-state index contributed by atoms with van der Waals surface area (Å²) >= 11 is 0. The SMILES string of the molecule is CC.[2H]CCCOc1ccc2c(c1)CCC1C2CCC2(C)C(OCCCOC(C)(C(F)(F)F)C(F)(F)F)CCC12. The van der Waals surface area contributed by atoms with Crippen LogP contribution in [0.4, 0.5) is 26.3 Å². The van der Waals surface area contributed by atoms with Crippen LogP contribution in [-0.4, -0.2) is 43.9 Å². The van der Waals surface area contributed by atoms with Gasteiger partial charge in [0.15, 0.2) is 0 Å². The number of benzene rings is 1. The molecule has 9 heteroatoms. The molecule has 0 amide bonds. The van der Waals surface area contributed by atoms with E-state index in [1.807, 2.05) is 19.9 Å². The van der Waals surface area contributed by atoms with Crippen molar-refractivity contribution in [2.24, 2.45) is 17.3 Å². The summed E-state index contributed by atoms with van der Waals surface area (Å²) in [4.78, 5) is 0. The molecule has 39 heavy (non-hydrogen) atoms. The van der Waals surface area contributed by atoms with Gasteiger partial charge in [-0.2, -0.15) is 26.3 Å². The molecular formula is C30H44F6O3. The largest absolute Gasteiger partial charge is 0.494 e. The maximum atomic E-state index is 13.0. The molecule has 1 aromatic rings. The standard InChI is InChI=1S/C28H38F6O3.C2H6/c1-4-14-35-19-7-9-20-18(17-19)6-8-22-21(20)12-13-25(2)23(22)10-11-24(25)36-15-5-16-37-26(3,27(29,30)31)28(32,33)34;1-2/h7,9,17,21-24H,4-6,8,10-16H2,1-3H3;1-2H3/i1D;. The van der Waals surface area contributed by atoms with E-state index in [2.05, 4.69) is 23.8 Å². The van der Waals surface area contributed by atoms with Gasteiger partial charge in [0.25, 0.3) is 5.60 Å². The predicted octanol–water partition coefficient (Wildman–Crippen LogP) is 9.03. The first-order valence-electron chi connectivity index (χ1n) is 15.0. The van der Waals surface area contributed by atoms with Gasteiger partial charge < -0.3 is 14.2 Å². The Kier molecular flexibility index (Phi) is 9.83. The average Bonchev–Trinajstić information content (AvgIpc) is 3.24. The first-order valence-corrected chi connectivity index (χ1v) is 14.3. The minimum Gasteiger partial charge on any atom is -0.494 e. The number of alkyl halides is 6. The molecule has 2 saturated carbocycles. The number of ether oxygens (including phenoxy) is 3. The fourth-order valence-corrected chi connectivity index (χ4v) is 6.95. The molecule has 4 rings (SSSR count). The van der Waals surface area contributed by atoms with E-state index in [9.17, 15) is 26.3 Å². The third kappa shape index (κ3) is 6.39. The highest BCUT2D eigenvalue weighted by atomic mass is 19.4. The molecule has 0 heterocycles. The van der Waals surface area contributed by atoms with Crippen molar-refractivity contribution < 1.29 is 41.9 Å². The van der Waals surface area contributed by atoms with Gasteiger partial charge >= 0.3 is 12.4 Å². The van der Waals surface area contributed by atoms with Gasteiger partial charge in [0.2, 0.25) is 0 Å². The van der Waals surface area contributed by atoms with Crippen molar-refractivity contribution in [3.8, 4) is 5.75 Å². The number of hydrogen-bond acceptors (Lipinski definition) is 3. The zero-order chi connectivity index (χ0) is 29.8. The van der Waals surface area contributed by atoms with Gasteiger partial charge in [-0.1, -0.05) is 33.7 Å². The minimum atomic E-state index is -5.55. The van der Waals surface area contributed by atoms with E-state index >= 15 is 0 Å². The second kappa shape index (κ2) is 12.6. The maximum absolute atomic E-state index is 13.0. The fourth-order valence-electron chi connectivity index (χ4n) is 6.95. The van der Waals surface area contributed by atoms with Crippen LogP contribution in [0.1, 0.15) is 98.0 Å². The van der Waals surface area contributed by atoms with E-state index in [1.165, 1.54) is 11.1 Å². The first-order chi connectivity index (χ1) is 18.8. The highest BCUT2D eigenvalue weighted by molar-refractivity contribution is 5.40. The molecule has 2 fully saturated rings. The smallest absolute Gasteiger partial charge is 0.426 e. The molecule has 3 nitrogen and oxygen atoms in total. The summed E-state index contributed by atoms with van der Waals surface area (Å²) in [5, 5.41) is 0. The van der Waals surface area contributed by atoms with Gasteiger partial charge in [-0.15, -0.1) is 0 Å². The number of hydrogen-bond donors (Lipinski definition) is 0. The van der Waals surface area contributed by atoms with Crippen molar-refractivity contribution in [1.82, 2.24) is 0 Å². The van der Waals surface area contributed by atoms with Gasteiger partial charge in [-0.05, 0) is 105 Å². The molecule has 0 spiro atoms. The topological polar surface area (TPSA) is 27.7 Å². The zero-order valence-corrected chi connectivity index (χ0v) is 23.5. The van der Waals surface area contributed by atoms with Crippen LogP contribution in [0.15, 0.2) is 18.2 Å². The summed E-state index contributed by atoms with van der Waals surface area (Å²) < 4.78 is 102. The third-order valence-electron chi connectivity index (χ3n) is 9.10. The van der Waals surface area contributed by atoms with Crippen LogP contribution in [0.5, 0.6) is 5.75 Å². The zero-order valence-electron chi connectivity index (χ0n) is 24.5. The second-order valence-corrected chi connectivity index (χ2v) is 11.2. The van der Waals surface area contributed by atoms with E-state index in [4.69, 9.17) is 10.8 Å². The number of aryl methyl sites for hydroxylation is 1. The molecule has 0 N–H and O–H groups in total. The van der Waals surface area contributed by atoms with Crippen LogP contribution >= 0.6 is 0 Å². The van der Waals surface area contributed by atoms with Crippen LogP contribution < -0.4 is 4.74 Å². The summed E-state index contributed by atoms with van der Waals surface area (Å²) in [6, 6.07) is 6.38. The molecule has 224 valence electrons. The van der Waals surface area contributed by atoms with Crippen LogP contribution in [-0.2, 0) is 15.9 Å². The highest BCUT2D eigenvalue weighted by Crippen LogP contribution is 2.61. The lowest BCUT2D eigenvalue weighted by Crippen LogP contribution is -2.56. The van der Waals surface area contributed by atoms with E-state index in [0.717, 1.165) is 44.3 Å². The Balaban J connectivity index is 0.00000216. The molecule has 0 saturated heterocycles. The summed E-state index contributed by atoms with van der Waals surface area (Å²) in [5.74, 6) is 2.35. The van der Waals surface area contributed by atoms with Crippen molar-refractivity contribution in [2.45, 2.75) is 116 Å². The van der Waals surface area contributed by atoms with Crippen molar-refractivity contribution >= 4 is 0 Å². The van der Waals surface area contributed by atoms with Crippen molar-refractivity contribution in [3.63, 3.8) is 0 Å². The molecule has 3 aliphatic rings. The van der Waals surface area contributed by atoms with E-state index in [-0.39, 0.29) is 31.5 Å². The molecular weight excluding hydrogens is 522 g/mol. The van der Waals surface area contributed by atoms with Crippen LogP contribution in [0.25, 0.3) is 0 Å². The molecule has 0 aliphatic heterocycles. The molecule has 5 atom stereocenters. The molecule has 3 aliphatic carbocycles. The Morgan fingerprint density at radius 1 is 0.974 bits per heavy atom. The highest BCUT2D eigenvalue weighted by Gasteiger charge is 2.69. The Hall–Kier alpha value is -1.48. The molecule has 1 aromatic carbocycles. The van der Waals surface area contributed by atoms with E-state index < -0.39 is 24.6 Å². The lowest BCUT2D eigenvalue weighted by Gasteiger charge is -2.50. The van der Waals surface area contributed by atoms with Gasteiger partial charge in [-0.25, -0.2) is 0 Å².